The summed E-state index contributed by atoms with van der Waals surface area (Å²) in [5.41, 5.74) is 25.7. The number of hydrogen-bond acceptors (Lipinski definition) is 17. The molecule has 0 fully saturated rings. The molecule has 27 nitrogen and oxygen atoms in total. The summed E-state index contributed by atoms with van der Waals surface area (Å²) in [5.74, 6) is -5.48. The lowest BCUT2D eigenvalue weighted by atomic mass is 9.98. The van der Waals surface area contributed by atoms with Crippen molar-refractivity contribution in [2.24, 2.45) is 23.3 Å². The Bertz CT molecular complexity index is 3030. The minimum absolute atomic E-state index is 0.000566. The fourth-order valence-electron chi connectivity index (χ4n) is 9.35. The average Bonchev–Trinajstić information content (AvgIpc) is 1.96. The molecule has 520 valence electrons. The zero-order valence-electron chi connectivity index (χ0n) is 54.8. The summed E-state index contributed by atoms with van der Waals surface area (Å²) in [6, 6.07) is 26.4. The van der Waals surface area contributed by atoms with Crippen LogP contribution in [0.3, 0.4) is 0 Å². The second kappa shape index (κ2) is 47.0. The number of Topliss-reactive ketones (excluding diaryl/α,β-unsaturated/α-hetero) is 2. The minimum Gasteiger partial charge on any atom is -0.480 e. The van der Waals surface area contributed by atoms with Gasteiger partial charge in [-0.05, 0) is 104 Å². The molecule has 0 saturated heterocycles. The van der Waals surface area contributed by atoms with Crippen molar-refractivity contribution in [3.8, 4) is 0 Å². The van der Waals surface area contributed by atoms with Crippen LogP contribution in [0.2, 0.25) is 0 Å². The van der Waals surface area contributed by atoms with E-state index >= 15 is 0 Å². The van der Waals surface area contributed by atoms with E-state index in [-0.39, 0.29) is 107 Å². The smallest absolute Gasteiger partial charge is 0.408 e. The fourth-order valence-corrected chi connectivity index (χ4v) is 9.35. The highest BCUT2D eigenvalue weighted by Crippen LogP contribution is 2.16. The van der Waals surface area contributed by atoms with Crippen molar-refractivity contribution in [1.82, 2.24) is 37.2 Å². The lowest BCUT2D eigenvalue weighted by Crippen LogP contribution is -2.44. The number of nitrogens with one attached hydrogen (secondary N) is 7. The number of carbonyl (C=O) groups excluding carboxylic acids is 10. The minimum atomic E-state index is -1.23. The molecule has 0 aliphatic carbocycles. The van der Waals surface area contributed by atoms with E-state index in [0.29, 0.717) is 41.9 Å². The number of alkyl carbamates (subject to hydrolysis) is 2. The van der Waals surface area contributed by atoms with Gasteiger partial charge in [0.05, 0.1) is 12.1 Å². The summed E-state index contributed by atoms with van der Waals surface area (Å²) < 4.78 is 10.4. The first-order valence-electron chi connectivity index (χ1n) is 31.8. The molecule has 0 heterocycles. The van der Waals surface area contributed by atoms with Gasteiger partial charge in [0.15, 0.2) is 11.6 Å². The van der Waals surface area contributed by atoms with Gasteiger partial charge >= 0.3 is 24.1 Å². The van der Waals surface area contributed by atoms with Crippen molar-refractivity contribution in [2.45, 2.75) is 167 Å². The third kappa shape index (κ3) is 36.2. The van der Waals surface area contributed by atoms with Gasteiger partial charge in [0, 0.05) is 95.2 Å². The van der Waals surface area contributed by atoms with Crippen LogP contribution in [-0.2, 0) is 83.5 Å². The van der Waals surface area contributed by atoms with Gasteiger partial charge in [0.1, 0.15) is 25.3 Å². The number of hydrogen-bond donors (Lipinski definition) is 13. The Kier molecular flexibility index (Phi) is 40.2. The van der Waals surface area contributed by atoms with E-state index in [1.54, 1.807) is 111 Å². The second-order valence-electron chi connectivity index (χ2n) is 22.4. The Balaban J connectivity index is 0.000000563. The first-order valence-corrected chi connectivity index (χ1v) is 31.8. The third-order valence-electron chi connectivity index (χ3n) is 15.0. The van der Waals surface area contributed by atoms with Crippen molar-refractivity contribution in [3.63, 3.8) is 0 Å². The van der Waals surface area contributed by atoms with E-state index in [1.165, 1.54) is 0 Å². The number of anilines is 2. The number of aliphatic carboxylic acids is 2. The molecule has 0 radical (unpaired) electrons. The van der Waals surface area contributed by atoms with E-state index in [0.717, 1.165) is 56.2 Å². The number of carbonyl (C=O) groups is 12. The number of carboxylic acid groups (broad SMARTS) is 2. The molecular weight excluding hydrogens is 1230 g/mol. The Morgan fingerprint density at radius 3 is 1.19 bits per heavy atom. The molecular formula is C68H97N11O16. The first kappa shape index (κ1) is 81.2. The molecule has 0 aliphatic rings. The number of ether oxygens (including phenoxy) is 2. The largest absolute Gasteiger partial charge is 0.480 e. The van der Waals surface area contributed by atoms with Crippen LogP contribution in [-0.4, -0.2) is 133 Å². The van der Waals surface area contributed by atoms with Gasteiger partial charge < -0.3 is 79.8 Å². The van der Waals surface area contributed by atoms with Crippen molar-refractivity contribution < 1.29 is 77.2 Å². The summed E-state index contributed by atoms with van der Waals surface area (Å²) in [6.07, 6.45) is 3.64. The van der Waals surface area contributed by atoms with E-state index in [4.69, 9.17) is 32.4 Å². The van der Waals surface area contributed by atoms with Gasteiger partial charge in [-0.3, -0.25) is 38.4 Å². The quantitative estimate of drug-likeness (QED) is 0.0204. The molecule has 0 spiro atoms. The summed E-state index contributed by atoms with van der Waals surface area (Å²) >= 11 is 0. The van der Waals surface area contributed by atoms with Crippen LogP contribution in [0.25, 0.3) is 0 Å². The van der Waals surface area contributed by atoms with E-state index in [1.807, 2.05) is 26.0 Å². The van der Waals surface area contributed by atoms with E-state index in [2.05, 4.69) is 37.2 Å². The molecule has 0 aromatic heterocycles. The van der Waals surface area contributed by atoms with Crippen molar-refractivity contribution >= 4 is 82.5 Å². The Hall–Kier alpha value is -9.92. The molecule has 17 N–H and O–H groups in total. The van der Waals surface area contributed by atoms with Gasteiger partial charge in [0.25, 0.3) is 0 Å². The van der Waals surface area contributed by atoms with Crippen molar-refractivity contribution in [1.29, 1.82) is 0 Å². The molecule has 27 heteroatoms. The number of amides is 8. The number of nitrogens with two attached hydrogens (primary N) is 4. The fraction of sp³-hybridized carbons (Fsp3) is 0.471. The first-order chi connectivity index (χ1) is 45.4. The predicted octanol–water partition coefficient (Wildman–Crippen LogP) is 5.04. The third-order valence-corrected chi connectivity index (χ3v) is 15.0. The maximum atomic E-state index is 13.1. The van der Waals surface area contributed by atoms with Crippen LogP contribution in [0, 0.1) is 11.8 Å². The summed E-state index contributed by atoms with van der Waals surface area (Å²) in [4.78, 5) is 146. The molecule has 4 aromatic carbocycles. The van der Waals surface area contributed by atoms with Crippen molar-refractivity contribution in [2.75, 3.05) is 38.7 Å². The van der Waals surface area contributed by atoms with Gasteiger partial charge in [-0.1, -0.05) is 112 Å². The van der Waals surface area contributed by atoms with Crippen LogP contribution in [0.4, 0.5) is 21.0 Å². The topological polar surface area (TPSA) is 452 Å². The van der Waals surface area contributed by atoms with Crippen LogP contribution in [0.5, 0.6) is 0 Å². The molecule has 4 unspecified atom stereocenters. The Morgan fingerprint density at radius 2 is 0.832 bits per heavy atom. The molecule has 0 aliphatic heterocycles. The number of primary amides is 1. The average molecular weight is 1320 g/mol. The highest BCUT2D eigenvalue weighted by atomic mass is 16.6. The summed E-state index contributed by atoms with van der Waals surface area (Å²) in [7, 11) is 3.29. The van der Waals surface area contributed by atoms with Crippen molar-refractivity contribution in [3.05, 3.63) is 131 Å². The molecule has 0 saturated carbocycles. The molecule has 4 aromatic rings. The van der Waals surface area contributed by atoms with Crippen LogP contribution < -0.4 is 60.2 Å². The highest BCUT2D eigenvalue weighted by molar-refractivity contribution is 5.93. The number of nitrogen functional groups attached to an aromatic ring is 2. The van der Waals surface area contributed by atoms with E-state index < -0.39 is 77.6 Å². The Labute approximate surface area is 555 Å². The molecule has 95 heavy (non-hydrogen) atoms. The van der Waals surface area contributed by atoms with Gasteiger partial charge in [-0.15, -0.1) is 0 Å². The van der Waals surface area contributed by atoms with Crippen LogP contribution in [0.15, 0.2) is 109 Å². The summed E-state index contributed by atoms with van der Waals surface area (Å²) in [6.45, 7) is 5.07. The van der Waals surface area contributed by atoms with Gasteiger partial charge in [-0.2, -0.15) is 0 Å². The maximum Gasteiger partial charge on any atom is 0.408 e. The number of benzene rings is 4. The number of rotatable bonds is 41. The molecule has 6 atom stereocenters. The molecule has 4 rings (SSSR count). The van der Waals surface area contributed by atoms with Gasteiger partial charge in [0.2, 0.25) is 35.4 Å². The SMILES string of the molecule is CCC(CCCCN)C(=O)NC.CCC(CCCCNC(=O)CC[C@H](NC(=O)OCc1ccccc1)C(=O)CCC(=O)NC(Cc1ccc(N)cc1)C(=O)O)C(=O)NC.NC(=O)CC[C@H](NC(=O)OCc1ccccc1)C(=O)CCC(=O)NC(Cc1ccc(N)cc1)C(=O)O. The van der Waals surface area contributed by atoms with Crippen LogP contribution >= 0.6 is 0 Å². The normalized spacial score (nSPS) is 12.4. The Morgan fingerprint density at radius 1 is 0.442 bits per heavy atom. The zero-order valence-corrected chi connectivity index (χ0v) is 54.8. The second-order valence-corrected chi connectivity index (χ2v) is 22.4. The summed E-state index contributed by atoms with van der Waals surface area (Å²) in [5, 5.41) is 36.9. The number of unbranched alkanes of at least 4 members (excludes halogenated alkanes) is 2. The number of ketones is 2. The highest BCUT2D eigenvalue weighted by Gasteiger charge is 2.28. The lowest BCUT2D eigenvalue weighted by Gasteiger charge is -2.18. The monoisotopic (exact) mass is 1320 g/mol. The lowest BCUT2D eigenvalue weighted by molar-refractivity contribution is -0.142. The van der Waals surface area contributed by atoms with Crippen LogP contribution in [0.1, 0.15) is 139 Å². The van der Waals surface area contributed by atoms with Gasteiger partial charge in [-0.25, -0.2) is 19.2 Å². The predicted molar refractivity (Wildman–Crippen MR) is 357 cm³/mol. The molecule has 8 amide bonds. The number of carboxylic acids is 2. The maximum absolute atomic E-state index is 13.1. The van der Waals surface area contributed by atoms with E-state index in [9.17, 15) is 67.7 Å². The zero-order chi connectivity index (χ0) is 70.5. The molecule has 0 bridgehead atoms. The standard InChI is InChI=1S/C34H47N5O8.C25H30N4O7.C9H20N2O/c1-3-25(32(43)36-2)11-7-8-20-37-30(41)18-16-27(39-34(46)47-22-24-9-5-4-6-10-24)29(40)17-19-31(42)38-28(33(44)45)21-23-12-14-26(35)15-13-23;26-18-8-6-16(7-9-18)14-20(24(33)34)28-23(32)13-11-21(30)19(10-12-22(27)31)29-25(35)36-15-17-4-2-1-3-5-17;1-3-8(9(12)11-2)6-4-5-7-10/h4-6,9-10,12-15,25,27-28H,3,7-8,11,16-22,35H2,1-2H3,(H,36,43)(H,37,41)(H,38,42)(H,39,46)(H,44,45);1-9,19-20H,10-15,26H2,(H2,27,31)(H,28,32)(H,29,35)(H,33,34);8H,3-7,10H2,1-2H3,(H,11,12)/t25?,27-,28?;19-,20?;/m00./s1.